The second-order valence-corrected chi connectivity index (χ2v) is 6.06. The fraction of sp³-hybridized carbons (Fsp3) is 0.133. The van der Waals surface area contributed by atoms with Crippen molar-refractivity contribution in [3.63, 3.8) is 0 Å². The van der Waals surface area contributed by atoms with Crippen LogP contribution in [0.5, 0.6) is 0 Å². The number of allylic oxidation sites excluding steroid dienone is 1. The molecular weight excluding hydrogens is 290 g/mol. The monoisotopic (exact) mass is 303 g/mol. The molecule has 2 aromatic carbocycles. The topological polar surface area (TPSA) is 74.2 Å². The number of hydrogen-bond acceptors (Lipinski definition) is 4. The van der Waals surface area contributed by atoms with Crippen molar-refractivity contribution in [2.24, 2.45) is 0 Å². The average Bonchev–Trinajstić information content (AvgIpc) is 2.76. The predicted molar refractivity (Wildman–Crippen MR) is 78.3 cm³/mol. The number of aromatic nitrogens is 1. The Morgan fingerprint density at radius 2 is 2.00 bits per heavy atom. The second kappa shape index (κ2) is 4.98. The van der Waals surface area contributed by atoms with Gasteiger partial charge in [-0.2, -0.15) is 0 Å². The molecule has 0 amide bonds. The molecule has 108 valence electrons. The standard InChI is InChI=1S/C15H13NO4S/c1-2-5-14-16(10-21(17,18)19)15-12-7-4-3-6-11(12)8-9-13(15)20-14/h2-9H,10H2,1H3/b5-2+. The molecule has 0 aliphatic rings. The molecule has 0 fully saturated rings. The van der Waals surface area contributed by atoms with E-state index >= 15 is 0 Å². The lowest BCUT2D eigenvalue weighted by Gasteiger charge is -2.02. The van der Waals surface area contributed by atoms with Gasteiger partial charge in [0.25, 0.3) is 5.52 Å². The number of fused-ring (bicyclic) bond motifs is 3. The smallest absolute Gasteiger partial charge is 0.374 e. The van der Waals surface area contributed by atoms with Crippen molar-refractivity contribution >= 4 is 38.1 Å². The summed E-state index contributed by atoms with van der Waals surface area (Å²) < 4.78 is 40.6. The third-order valence-corrected chi connectivity index (χ3v) is 3.78. The molecular formula is C15H13NO4S. The molecule has 1 aromatic heterocycles. The number of hydrogen-bond donors (Lipinski definition) is 0. The Morgan fingerprint density at radius 1 is 1.24 bits per heavy atom. The van der Waals surface area contributed by atoms with Crippen LogP contribution in [0.15, 0.2) is 46.9 Å². The maximum Gasteiger partial charge on any atom is 0.374 e. The van der Waals surface area contributed by atoms with E-state index in [1.54, 1.807) is 25.1 Å². The van der Waals surface area contributed by atoms with Gasteiger partial charge in [-0.3, -0.25) is 0 Å². The quantitative estimate of drug-likeness (QED) is 0.550. The van der Waals surface area contributed by atoms with Crippen molar-refractivity contribution in [3.05, 3.63) is 48.4 Å². The summed E-state index contributed by atoms with van der Waals surface area (Å²) in [7, 11) is -4.43. The summed E-state index contributed by atoms with van der Waals surface area (Å²) >= 11 is 0. The van der Waals surface area contributed by atoms with Gasteiger partial charge in [-0.05, 0) is 24.4 Å². The highest BCUT2D eigenvalue weighted by Gasteiger charge is 2.24. The number of oxazole rings is 1. The Kier molecular flexibility index (Phi) is 3.27. The summed E-state index contributed by atoms with van der Waals surface area (Å²) in [5.74, 6) is -0.323. The molecule has 0 radical (unpaired) electrons. The molecule has 0 atom stereocenters. The van der Waals surface area contributed by atoms with Gasteiger partial charge in [-0.15, -0.1) is 4.57 Å². The van der Waals surface area contributed by atoms with E-state index in [1.165, 1.54) is 4.57 Å². The van der Waals surface area contributed by atoms with Crippen LogP contribution in [-0.4, -0.2) is 13.0 Å². The third kappa shape index (κ3) is 2.55. The van der Waals surface area contributed by atoms with Crippen LogP contribution >= 0.6 is 0 Å². The number of rotatable bonds is 3. The van der Waals surface area contributed by atoms with Crippen molar-refractivity contribution in [1.82, 2.24) is 0 Å². The van der Waals surface area contributed by atoms with E-state index in [0.717, 1.165) is 10.8 Å². The highest BCUT2D eigenvalue weighted by Crippen LogP contribution is 2.25. The van der Waals surface area contributed by atoms with Crippen LogP contribution in [0.1, 0.15) is 12.8 Å². The van der Waals surface area contributed by atoms with E-state index < -0.39 is 16.0 Å². The maximum atomic E-state index is 11.2. The van der Waals surface area contributed by atoms with E-state index in [1.807, 2.05) is 30.3 Å². The van der Waals surface area contributed by atoms with Crippen LogP contribution in [0.25, 0.3) is 27.9 Å². The van der Waals surface area contributed by atoms with Crippen molar-refractivity contribution in [3.8, 4) is 0 Å². The SMILES string of the molecule is C/C=C/c1oc2ccc3ccccc3c2[n+]1CS(=O)(=O)[O-]. The van der Waals surface area contributed by atoms with Crippen molar-refractivity contribution in [2.45, 2.75) is 12.8 Å². The van der Waals surface area contributed by atoms with Gasteiger partial charge >= 0.3 is 5.89 Å². The lowest BCUT2D eigenvalue weighted by molar-refractivity contribution is -0.658. The van der Waals surface area contributed by atoms with Crippen LogP contribution in [0.3, 0.4) is 0 Å². The summed E-state index contributed by atoms with van der Waals surface area (Å²) in [6, 6.07) is 11.2. The van der Waals surface area contributed by atoms with Crippen LogP contribution < -0.4 is 4.57 Å². The van der Waals surface area contributed by atoms with Gasteiger partial charge in [0.15, 0.2) is 10.1 Å². The molecule has 0 saturated heterocycles. The Morgan fingerprint density at radius 3 is 2.71 bits per heavy atom. The summed E-state index contributed by atoms with van der Waals surface area (Å²) in [5.41, 5.74) is 1.16. The van der Waals surface area contributed by atoms with E-state index in [4.69, 9.17) is 4.42 Å². The Balaban J connectivity index is 2.44. The summed E-state index contributed by atoms with van der Waals surface area (Å²) in [4.78, 5) is 0. The fourth-order valence-corrected chi connectivity index (χ4v) is 3.00. The molecule has 0 spiro atoms. The van der Waals surface area contributed by atoms with Crippen molar-refractivity contribution < 1.29 is 22.0 Å². The van der Waals surface area contributed by atoms with Crippen molar-refractivity contribution in [2.75, 3.05) is 0 Å². The third-order valence-electron chi connectivity index (χ3n) is 3.21. The molecule has 1 heterocycles. The van der Waals surface area contributed by atoms with Gasteiger partial charge in [0.2, 0.25) is 11.5 Å². The van der Waals surface area contributed by atoms with Gasteiger partial charge in [0.1, 0.15) is 0 Å². The van der Waals surface area contributed by atoms with E-state index in [0.29, 0.717) is 17.0 Å². The van der Waals surface area contributed by atoms with E-state index in [2.05, 4.69) is 0 Å². The van der Waals surface area contributed by atoms with Crippen LogP contribution in [0, 0.1) is 0 Å². The number of nitrogens with zero attached hydrogens (tertiary/aromatic N) is 1. The van der Waals surface area contributed by atoms with Gasteiger partial charge in [-0.1, -0.05) is 30.3 Å². The highest BCUT2D eigenvalue weighted by atomic mass is 32.2. The normalized spacial score (nSPS) is 12.7. The molecule has 0 bridgehead atoms. The first kappa shape index (κ1) is 13.8. The maximum absolute atomic E-state index is 11.2. The van der Waals surface area contributed by atoms with Gasteiger partial charge in [0.05, 0.1) is 5.39 Å². The first-order valence-corrected chi connectivity index (χ1v) is 7.98. The Hall–Kier alpha value is -2.18. The molecule has 0 unspecified atom stereocenters. The van der Waals surface area contributed by atoms with Gasteiger partial charge < -0.3 is 8.97 Å². The summed E-state index contributed by atoms with van der Waals surface area (Å²) in [5, 5.41) is 1.80. The van der Waals surface area contributed by atoms with Crippen LogP contribution in [0.2, 0.25) is 0 Å². The zero-order chi connectivity index (χ0) is 15.0. The fourth-order valence-electron chi connectivity index (χ4n) is 2.43. The van der Waals surface area contributed by atoms with E-state index in [9.17, 15) is 13.0 Å². The minimum atomic E-state index is -4.43. The summed E-state index contributed by atoms with van der Waals surface area (Å²) in [6.07, 6.45) is 3.37. The lowest BCUT2D eigenvalue weighted by Crippen LogP contribution is -2.39. The van der Waals surface area contributed by atoms with Gasteiger partial charge in [0, 0.05) is 6.08 Å². The highest BCUT2D eigenvalue weighted by molar-refractivity contribution is 7.84. The van der Waals surface area contributed by atoms with Crippen LogP contribution in [0.4, 0.5) is 0 Å². The minimum Gasteiger partial charge on any atom is -0.743 e. The zero-order valence-electron chi connectivity index (χ0n) is 11.3. The Bertz CT molecular complexity index is 954. The van der Waals surface area contributed by atoms with Gasteiger partial charge in [-0.25, -0.2) is 8.42 Å². The first-order valence-electron chi connectivity index (χ1n) is 6.40. The molecule has 3 aromatic rings. The minimum absolute atomic E-state index is 0.336. The lowest BCUT2D eigenvalue weighted by atomic mass is 10.1. The van der Waals surface area contributed by atoms with E-state index in [-0.39, 0.29) is 0 Å². The molecule has 0 N–H and O–H groups in total. The molecule has 3 rings (SSSR count). The molecule has 0 saturated carbocycles. The molecule has 0 aliphatic heterocycles. The second-order valence-electron chi connectivity index (χ2n) is 4.69. The average molecular weight is 303 g/mol. The molecule has 6 heteroatoms. The zero-order valence-corrected chi connectivity index (χ0v) is 12.1. The summed E-state index contributed by atoms with van der Waals surface area (Å²) in [6.45, 7) is 1.79. The van der Waals surface area contributed by atoms with Crippen LogP contribution in [-0.2, 0) is 16.0 Å². The molecule has 0 aliphatic carbocycles. The molecule has 21 heavy (non-hydrogen) atoms. The largest absolute Gasteiger partial charge is 0.743 e. The number of benzene rings is 2. The Labute approximate surface area is 121 Å². The molecule has 5 nitrogen and oxygen atoms in total. The van der Waals surface area contributed by atoms with Crippen molar-refractivity contribution in [1.29, 1.82) is 0 Å². The predicted octanol–water partition coefficient (Wildman–Crippen LogP) is 2.41. The first-order chi connectivity index (χ1) is 9.99.